The summed E-state index contributed by atoms with van der Waals surface area (Å²) in [4.78, 5) is 4.47. The second-order valence-electron chi connectivity index (χ2n) is 4.18. The number of halogens is 2. The molecule has 0 aliphatic rings. The Morgan fingerprint density at radius 1 is 1.26 bits per heavy atom. The molecule has 0 fully saturated rings. The highest BCUT2D eigenvalue weighted by atomic mass is 79.9. The van der Waals surface area contributed by atoms with Gasteiger partial charge in [-0.1, -0.05) is 6.07 Å². The van der Waals surface area contributed by atoms with E-state index in [2.05, 4.69) is 26.2 Å². The summed E-state index contributed by atoms with van der Waals surface area (Å²) >= 11 is 3.13. The average Bonchev–Trinajstić information content (AvgIpc) is 2.83. The molecule has 1 N–H and O–H groups in total. The number of pyridine rings is 1. The van der Waals surface area contributed by atoms with E-state index in [4.69, 9.17) is 0 Å². The molecular formula is C14H11BrFN3. The molecule has 0 saturated carbocycles. The van der Waals surface area contributed by atoms with Gasteiger partial charge in [0.15, 0.2) is 0 Å². The lowest BCUT2D eigenvalue weighted by Crippen LogP contribution is -1.99. The van der Waals surface area contributed by atoms with Crippen molar-refractivity contribution in [3.05, 3.63) is 64.8 Å². The molecule has 3 aromatic rings. The van der Waals surface area contributed by atoms with Gasteiger partial charge in [0.05, 0.1) is 16.7 Å². The number of anilines is 1. The minimum Gasteiger partial charge on any atom is -0.379 e. The summed E-state index contributed by atoms with van der Waals surface area (Å²) in [6.45, 7) is 0.558. The first-order valence-electron chi connectivity index (χ1n) is 5.84. The Morgan fingerprint density at radius 3 is 2.95 bits per heavy atom. The van der Waals surface area contributed by atoms with Crippen LogP contribution in [0.25, 0.3) is 5.65 Å². The van der Waals surface area contributed by atoms with Gasteiger partial charge in [0, 0.05) is 18.1 Å². The van der Waals surface area contributed by atoms with Crippen LogP contribution in [-0.2, 0) is 6.54 Å². The molecule has 2 aromatic heterocycles. The van der Waals surface area contributed by atoms with Crippen LogP contribution in [0, 0.1) is 5.82 Å². The Bertz CT molecular complexity index is 691. The highest BCUT2D eigenvalue weighted by Crippen LogP contribution is 2.19. The van der Waals surface area contributed by atoms with Crippen molar-refractivity contribution in [2.75, 3.05) is 5.32 Å². The van der Waals surface area contributed by atoms with Crippen molar-refractivity contribution in [3.8, 4) is 0 Å². The highest BCUT2D eigenvalue weighted by molar-refractivity contribution is 9.10. The number of nitrogens with zero attached hydrogens (tertiary/aromatic N) is 2. The van der Waals surface area contributed by atoms with Crippen LogP contribution in [0.15, 0.2) is 53.3 Å². The number of benzene rings is 1. The van der Waals surface area contributed by atoms with E-state index in [-0.39, 0.29) is 5.82 Å². The molecule has 2 heterocycles. The molecule has 0 saturated heterocycles. The van der Waals surface area contributed by atoms with Crippen LogP contribution in [0.3, 0.4) is 0 Å². The van der Waals surface area contributed by atoms with Crippen molar-refractivity contribution < 1.29 is 4.39 Å². The van der Waals surface area contributed by atoms with Gasteiger partial charge in [0.25, 0.3) is 0 Å². The maximum absolute atomic E-state index is 13.4. The van der Waals surface area contributed by atoms with Crippen LogP contribution in [0.5, 0.6) is 0 Å². The molecule has 0 unspecified atom stereocenters. The van der Waals surface area contributed by atoms with Crippen LogP contribution in [0.1, 0.15) is 5.69 Å². The van der Waals surface area contributed by atoms with Gasteiger partial charge < -0.3 is 9.72 Å². The molecule has 0 spiro atoms. The first-order chi connectivity index (χ1) is 9.22. The average molecular weight is 320 g/mol. The van der Waals surface area contributed by atoms with Crippen molar-refractivity contribution >= 4 is 27.3 Å². The number of hydrogen-bond donors (Lipinski definition) is 1. The van der Waals surface area contributed by atoms with Crippen molar-refractivity contribution in [1.82, 2.24) is 9.38 Å². The number of aromatic nitrogens is 2. The van der Waals surface area contributed by atoms with E-state index >= 15 is 0 Å². The van der Waals surface area contributed by atoms with Crippen LogP contribution in [0.4, 0.5) is 10.1 Å². The van der Waals surface area contributed by atoms with E-state index in [1.54, 1.807) is 6.07 Å². The molecule has 96 valence electrons. The van der Waals surface area contributed by atoms with Gasteiger partial charge in [-0.3, -0.25) is 0 Å². The zero-order chi connectivity index (χ0) is 13.2. The molecule has 19 heavy (non-hydrogen) atoms. The third-order valence-corrected chi connectivity index (χ3v) is 3.45. The minimum absolute atomic E-state index is 0.278. The van der Waals surface area contributed by atoms with Crippen molar-refractivity contribution in [1.29, 1.82) is 0 Å². The van der Waals surface area contributed by atoms with Crippen LogP contribution < -0.4 is 5.32 Å². The topological polar surface area (TPSA) is 29.3 Å². The quantitative estimate of drug-likeness (QED) is 0.794. The molecule has 3 rings (SSSR count). The van der Waals surface area contributed by atoms with E-state index < -0.39 is 0 Å². The van der Waals surface area contributed by atoms with Crippen molar-refractivity contribution in [2.45, 2.75) is 6.54 Å². The Kier molecular flexibility index (Phi) is 3.21. The predicted molar refractivity (Wildman–Crippen MR) is 76.6 cm³/mol. The molecule has 0 radical (unpaired) electrons. The smallest absolute Gasteiger partial charge is 0.139 e. The molecule has 0 atom stereocenters. The van der Waals surface area contributed by atoms with Gasteiger partial charge >= 0.3 is 0 Å². The lowest BCUT2D eigenvalue weighted by molar-refractivity contribution is 0.621. The van der Waals surface area contributed by atoms with Gasteiger partial charge in [-0.05, 0) is 46.3 Å². The predicted octanol–water partition coefficient (Wildman–Crippen LogP) is 3.85. The zero-order valence-electron chi connectivity index (χ0n) is 9.98. The van der Waals surface area contributed by atoms with Crippen molar-refractivity contribution in [2.24, 2.45) is 0 Å². The third kappa shape index (κ3) is 2.61. The van der Waals surface area contributed by atoms with Crippen LogP contribution >= 0.6 is 15.9 Å². The first-order valence-corrected chi connectivity index (χ1v) is 6.63. The fourth-order valence-corrected chi connectivity index (χ4v) is 2.12. The summed E-state index contributed by atoms with van der Waals surface area (Å²) in [5, 5.41) is 3.15. The van der Waals surface area contributed by atoms with E-state index in [0.29, 0.717) is 11.0 Å². The molecule has 5 heteroatoms. The standard InChI is InChI=1S/C14H11BrFN3/c15-12-5-4-10(7-13(12)16)17-8-11-9-19-6-2-1-3-14(19)18-11/h1-7,9,17H,8H2. The summed E-state index contributed by atoms with van der Waals surface area (Å²) in [6, 6.07) is 10.8. The number of fused-ring (bicyclic) bond motifs is 1. The molecule has 0 amide bonds. The lowest BCUT2D eigenvalue weighted by atomic mass is 10.3. The highest BCUT2D eigenvalue weighted by Gasteiger charge is 2.03. The van der Waals surface area contributed by atoms with E-state index in [1.165, 1.54) is 6.07 Å². The molecule has 3 nitrogen and oxygen atoms in total. The summed E-state index contributed by atoms with van der Waals surface area (Å²) in [5.41, 5.74) is 2.55. The Balaban J connectivity index is 1.76. The van der Waals surface area contributed by atoms with Crippen molar-refractivity contribution in [3.63, 3.8) is 0 Å². The minimum atomic E-state index is -0.278. The monoisotopic (exact) mass is 319 g/mol. The Hall–Kier alpha value is -1.88. The second-order valence-corrected chi connectivity index (χ2v) is 5.04. The Labute approximate surface area is 118 Å². The number of imidazole rings is 1. The lowest BCUT2D eigenvalue weighted by Gasteiger charge is -2.04. The molecular weight excluding hydrogens is 309 g/mol. The third-order valence-electron chi connectivity index (χ3n) is 2.81. The SMILES string of the molecule is Fc1cc(NCc2cn3ccccc3n2)ccc1Br. The van der Waals surface area contributed by atoms with Gasteiger partial charge in [-0.25, -0.2) is 9.37 Å². The number of nitrogens with one attached hydrogen (secondary N) is 1. The summed E-state index contributed by atoms with van der Waals surface area (Å²) in [5.74, 6) is -0.278. The first kappa shape index (κ1) is 12.2. The molecule has 0 aliphatic carbocycles. The zero-order valence-corrected chi connectivity index (χ0v) is 11.6. The van der Waals surface area contributed by atoms with E-state index in [0.717, 1.165) is 17.0 Å². The largest absolute Gasteiger partial charge is 0.379 e. The maximum Gasteiger partial charge on any atom is 0.139 e. The summed E-state index contributed by atoms with van der Waals surface area (Å²) in [6.07, 6.45) is 3.91. The van der Waals surface area contributed by atoms with E-state index in [1.807, 2.05) is 41.1 Å². The van der Waals surface area contributed by atoms with Gasteiger partial charge in [-0.15, -0.1) is 0 Å². The molecule has 1 aromatic carbocycles. The fourth-order valence-electron chi connectivity index (χ4n) is 1.87. The van der Waals surface area contributed by atoms with Gasteiger partial charge in [-0.2, -0.15) is 0 Å². The van der Waals surface area contributed by atoms with Crippen LogP contribution in [-0.4, -0.2) is 9.38 Å². The van der Waals surface area contributed by atoms with E-state index in [9.17, 15) is 4.39 Å². The molecule has 0 bridgehead atoms. The van der Waals surface area contributed by atoms with Gasteiger partial charge in [0.2, 0.25) is 0 Å². The fraction of sp³-hybridized carbons (Fsp3) is 0.0714. The molecule has 0 aliphatic heterocycles. The Morgan fingerprint density at radius 2 is 2.16 bits per heavy atom. The second kappa shape index (κ2) is 5.01. The van der Waals surface area contributed by atoms with Gasteiger partial charge in [0.1, 0.15) is 11.5 Å². The number of hydrogen-bond acceptors (Lipinski definition) is 2. The number of rotatable bonds is 3. The summed E-state index contributed by atoms with van der Waals surface area (Å²) < 4.78 is 15.8. The normalized spacial score (nSPS) is 10.8. The maximum atomic E-state index is 13.4. The van der Waals surface area contributed by atoms with Crippen LogP contribution in [0.2, 0.25) is 0 Å². The summed E-state index contributed by atoms with van der Waals surface area (Å²) in [7, 11) is 0.